The Morgan fingerprint density at radius 1 is 1.48 bits per heavy atom. The fourth-order valence-electron chi connectivity index (χ4n) is 1.75. The van der Waals surface area contributed by atoms with Gasteiger partial charge in [0, 0.05) is 34.3 Å². The minimum Gasteiger partial charge on any atom is -0.395 e. The molecule has 0 aliphatic rings. The molecule has 0 aromatic carbocycles. The maximum atomic E-state index is 12.1. The minimum atomic E-state index is -0.122. The van der Waals surface area contributed by atoms with Crippen molar-refractivity contribution in [1.82, 2.24) is 10.3 Å². The van der Waals surface area contributed by atoms with E-state index in [1.807, 2.05) is 18.4 Å². The third-order valence-electron chi connectivity index (χ3n) is 2.77. The van der Waals surface area contributed by atoms with Gasteiger partial charge in [0.1, 0.15) is 0 Å². The number of aliphatic hydroxyl groups excluding tert-OH is 1. The predicted molar refractivity (Wildman–Crippen MR) is 83.0 cm³/mol. The molecule has 0 radical (unpaired) electrons. The lowest BCUT2D eigenvalue weighted by molar-refractivity contribution is 0.0951. The Balaban J connectivity index is 1.99. The maximum Gasteiger partial charge on any atom is 0.251 e. The minimum absolute atomic E-state index is 0.0601. The van der Waals surface area contributed by atoms with Crippen molar-refractivity contribution in [3.8, 4) is 11.8 Å². The van der Waals surface area contributed by atoms with Crippen molar-refractivity contribution in [3.05, 3.63) is 51.5 Å². The molecule has 0 aliphatic carbocycles. The van der Waals surface area contributed by atoms with Crippen LogP contribution < -0.4 is 5.32 Å². The van der Waals surface area contributed by atoms with Gasteiger partial charge >= 0.3 is 0 Å². The van der Waals surface area contributed by atoms with Crippen LogP contribution in [0.5, 0.6) is 0 Å². The van der Waals surface area contributed by atoms with Crippen molar-refractivity contribution in [2.24, 2.45) is 0 Å². The SMILES string of the molecule is Cc1cc(C(=O)NCc2sccc2C#CCCO)ccn1. The Hall–Kier alpha value is -2.16. The van der Waals surface area contributed by atoms with Crippen LogP contribution in [0, 0.1) is 18.8 Å². The smallest absolute Gasteiger partial charge is 0.251 e. The zero-order valence-electron chi connectivity index (χ0n) is 11.7. The molecule has 1 amide bonds. The number of hydrogen-bond acceptors (Lipinski definition) is 4. The summed E-state index contributed by atoms with van der Waals surface area (Å²) in [5, 5.41) is 13.6. The fraction of sp³-hybridized carbons (Fsp3) is 0.250. The summed E-state index contributed by atoms with van der Waals surface area (Å²) >= 11 is 1.56. The Bertz CT molecular complexity index is 683. The van der Waals surface area contributed by atoms with Crippen molar-refractivity contribution < 1.29 is 9.90 Å². The molecule has 0 fully saturated rings. The number of carbonyl (C=O) groups excluding carboxylic acids is 1. The lowest BCUT2D eigenvalue weighted by Gasteiger charge is -2.05. The fourth-order valence-corrected chi connectivity index (χ4v) is 2.52. The van der Waals surface area contributed by atoms with E-state index >= 15 is 0 Å². The average molecular weight is 300 g/mol. The molecule has 5 heteroatoms. The molecular weight excluding hydrogens is 284 g/mol. The van der Waals surface area contributed by atoms with Crippen LogP contribution in [0.3, 0.4) is 0 Å². The number of thiophene rings is 1. The van der Waals surface area contributed by atoms with Gasteiger partial charge in [-0.2, -0.15) is 0 Å². The second-order valence-electron chi connectivity index (χ2n) is 4.40. The highest BCUT2D eigenvalue weighted by molar-refractivity contribution is 7.10. The van der Waals surface area contributed by atoms with Crippen LogP contribution in [-0.4, -0.2) is 22.6 Å². The zero-order chi connectivity index (χ0) is 15.1. The molecule has 2 aromatic rings. The molecule has 4 nitrogen and oxygen atoms in total. The number of nitrogens with one attached hydrogen (secondary N) is 1. The van der Waals surface area contributed by atoms with Gasteiger partial charge in [-0.05, 0) is 30.5 Å². The van der Waals surface area contributed by atoms with Crippen molar-refractivity contribution >= 4 is 17.2 Å². The van der Waals surface area contributed by atoms with Crippen molar-refractivity contribution in [2.45, 2.75) is 19.9 Å². The van der Waals surface area contributed by atoms with Gasteiger partial charge in [-0.25, -0.2) is 0 Å². The predicted octanol–water partition coefficient (Wildman–Crippen LogP) is 2.12. The number of nitrogens with zero attached hydrogens (tertiary/aromatic N) is 1. The molecule has 2 aromatic heterocycles. The summed E-state index contributed by atoms with van der Waals surface area (Å²) in [6.07, 6.45) is 2.08. The van der Waals surface area contributed by atoms with Crippen molar-refractivity contribution in [3.63, 3.8) is 0 Å². The molecule has 0 atom stereocenters. The molecule has 2 rings (SSSR count). The summed E-state index contributed by atoms with van der Waals surface area (Å²) in [5.41, 5.74) is 2.32. The van der Waals surface area contributed by atoms with Crippen molar-refractivity contribution in [2.75, 3.05) is 6.61 Å². The van der Waals surface area contributed by atoms with E-state index in [2.05, 4.69) is 22.1 Å². The molecular formula is C16H16N2O2S. The number of carbonyl (C=O) groups is 1. The first-order valence-corrected chi connectivity index (χ1v) is 7.45. The first-order chi connectivity index (χ1) is 10.2. The van der Waals surface area contributed by atoms with Gasteiger partial charge in [-0.3, -0.25) is 9.78 Å². The van der Waals surface area contributed by atoms with Crippen LogP contribution in [0.2, 0.25) is 0 Å². The zero-order valence-corrected chi connectivity index (χ0v) is 12.5. The average Bonchev–Trinajstić information content (AvgIpc) is 2.92. The summed E-state index contributed by atoms with van der Waals surface area (Å²) in [7, 11) is 0. The molecule has 2 heterocycles. The number of hydrogen-bond donors (Lipinski definition) is 2. The van der Waals surface area contributed by atoms with E-state index in [1.165, 1.54) is 0 Å². The maximum absolute atomic E-state index is 12.1. The largest absolute Gasteiger partial charge is 0.395 e. The topological polar surface area (TPSA) is 62.2 Å². The molecule has 108 valence electrons. The number of aryl methyl sites for hydroxylation is 1. The van der Waals surface area contributed by atoms with Gasteiger partial charge in [0.2, 0.25) is 0 Å². The van der Waals surface area contributed by atoms with Crippen LogP contribution in [0.25, 0.3) is 0 Å². The molecule has 0 unspecified atom stereocenters. The summed E-state index contributed by atoms with van der Waals surface area (Å²) < 4.78 is 0. The van der Waals surface area contributed by atoms with E-state index in [9.17, 15) is 4.79 Å². The lowest BCUT2D eigenvalue weighted by atomic mass is 10.2. The Labute approximate surface area is 127 Å². The van der Waals surface area contributed by atoms with E-state index < -0.39 is 0 Å². The third kappa shape index (κ3) is 4.42. The van der Waals surface area contributed by atoms with Crippen LogP contribution >= 0.6 is 11.3 Å². The molecule has 2 N–H and O–H groups in total. The highest BCUT2D eigenvalue weighted by Crippen LogP contribution is 2.15. The number of amides is 1. The first-order valence-electron chi connectivity index (χ1n) is 6.57. The quantitative estimate of drug-likeness (QED) is 0.850. The standard InChI is InChI=1S/C16H16N2O2S/c1-12-10-14(5-7-17-12)16(20)18-11-15-13(6-9-21-15)4-2-3-8-19/h5-7,9-10,19H,3,8,11H2,1H3,(H,18,20). The first kappa shape index (κ1) is 15.2. The summed E-state index contributed by atoms with van der Waals surface area (Å²) in [5.74, 6) is 5.77. The summed E-state index contributed by atoms with van der Waals surface area (Å²) in [4.78, 5) is 17.1. The molecule has 0 spiro atoms. The monoisotopic (exact) mass is 300 g/mol. The van der Waals surface area contributed by atoms with Gasteiger partial charge in [0.25, 0.3) is 5.91 Å². The summed E-state index contributed by atoms with van der Waals surface area (Å²) in [6, 6.07) is 5.37. The molecule has 0 saturated heterocycles. The summed E-state index contributed by atoms with van der Waals surface area (Å²) in [6.45, 7) is 2.36. The van der Waals surface area contributed by atoms with Crippen LogP contribution in [0.1, 0.15) is 32.9 Å². The second kappa shape index (κ2) is 7.58. The number of rotatable bonds is 4. The van der Waals surface area contributed by atoms with E-state index in [-0.39, 0.29) is 12.5 Å². The Kier molecular flexibility index (Phi) is 5.50. The normalized spacial score (nSPS) is 9.81. The van der Waals surface area contributed by atoms with E-state index in [0.717, 1.165) is 16.1 Å². The van der Waals surface area contributed by atoms with E-state index in [4.69, 9.17) is 5.11 Å². The number of pyridine rings is 1. The lowest BCUT2D eigenvalue weighted by Crippen LogP contribution is -2.22. The van der Waals surface area contributed by atoms with Crippen LogP contribution in [0.4, 0.5) is 0 Å². The van der Waals surface area contributed by atoms with Crippen molar-refractivity contribution in [1.29, 1.82) is 0 Å². The van der Waals surface area contributed by atoms with Gasteiger partial charge in [-0.15, -0.1) is 11.3 Å². The molecule has 0 saturated carbocycles. The molecule has 0 aliphatic heterocycles. The van der Waals surface area contributed by atoms with Gasteiger partial charge in [-0.1, -0.05) is 11.8 Å². The van der Waals surface area contributed by atoms with Gasteiger partial charge < -0.3 is 10.4 Å². The Morgan fingerprint density at radius 2 is 2.33 bits per heavy atom. The van der Waals surface area contributed by atoms with Crippen LogP contribution in [-0.2, 0) is 6.54 Å². The van der Waals surface area contributed by atoms with E-state index in [0.29, 0.717) is 18.5 Å². The second-order valence-corrected chi connectivity index (χ2v) is 5.40. The highest BCUT2D eigenvalue weighted by Gasteiger charge is 2.08. The third-order valence-corrected chi connectivity index (χ3v) is 3.69. The number of aromatic nitrogens is 1. The van der Waals surface area contributed by atoms with Gasteiger partial charge in [0.15, 0.2) is 0 Å². The molecule has 21 heavy (non-hydrogen) atoms. The van der Waals surface area contributed by atoms with Gasteiger partial charge in [0.05, 0.1) is 13.2 Å². The molecule has 0 bridgehead atoms. The number of aliphatic hydroxyl groups is 1. The van der Waals surface area contributed by atoms with E-state index in [1.54, 1.807) is 29.7 Å². The highest BCUT2D eigenvalue weighted by atomic mass is 32.1. The Morgan fingerprint density at radius 3 is 3.10 bits per heavy atom. The van der Waals surface area contributed by atoms with Crippen LogP contribution in [0.15, 0.2) is 29.8 Å².